The standard InChI is InChI=1S/C22H26N2O4/c1-15-11-17(12-20(26)23-15)21(27)24-9-7-22(8-10-24)14-18(25)13-19(28-22)16-5-3-2-4-6-16/h2-6,11-12,18-19,25H,7-10,13-14H2,1H3,(H,23,26)/t18-,19-/m1/s1. The third kappa shape index (κ3) is 3.88. The Morgan fingerprint density at radius 2 is 1.93 bits per heavy atom. The van der Waals surface area contributed by atoms with E-state index < -0.39 is 11.7 Å². The van der Waals surface area contributed by atoms with Crippen LogP contribution >= 0.6 is 0 Å². The van der Waals surface area contributed by atoms with Gasteiger partial charge < -0.3 is 19.7 Å². The summed E-state index contributed by atoms with van der Waals surface area (Å²) in [5.41, 5.74) is 1.51. The van der Waals surface area contributed by atoms with Crippen LogP contribution in [0, 0.1) is 6.92 Å². The number of hydrogen-bond acceptors (Lipinski definition) is 4. The monoisotopic (exact) mass is 382 g/mol. The number of hydrogen-bond donors (Lipinski definition) is 2. The minimum Gasteiger partial charge on any atom is -0.393 e. The summed E-state index contributed by atoms with van der Waals surface area (Å²) in [4.78, 5) is 28.9. The summed E-state index contributed by atoms with van der Waals surface area (Å²) in [7, 11) is 0. The van der Waals surface area contributed by atoms with Crippen molar-refractivity contribution in [2.45, 2.75) is 50.4 Å². The summed E-state index contributed by atoms with van der Waals surface area (Å²) in [6, 6.07) is 13.1. The Labute approximate surface area is 164 Å². The van der Waals surface area contributed by atoms with E-state index in [0.29, 0.717) is 50.0 Å². The molecule has 1 aromatic heterocycles. The van der Waals surface area contributed by atoms with E-state index in [-0.39, 0.29) is 17.6 Å². The average molecular weight is 382 g/mol. The van der Waals surface area contributed by atoms with Gasteiger partial charge in [-0.05, 0) is 31.4 Å². The predicted molar refractivity (Wildman–Crippen MR) is 105 cm³/mol. The molecule has 1 aromatic carbocycles. The lowest BCUT2D eigenvalue weighted by molar-refractivity contribution is -0.181. The van der Waals surface area contributed by atoms with Crippen LogP contribution in [0.4, 0.5) is 0 Å². The SMILES string of the molecule is Cc1cc(C(=O)N2CCC3(CC2)C[C@H](O)C[C@H](c2ccccc2)O3)cc(=O)[nH]1. The molecule has 1 amide bonds. The van der Waals surface area contributed by atoms with Crippen LogP contribution < -0.4 is 5.56 Å². The van der Waals surface area contributed by atoms with E-state index in [0.717, 1.165) is 5.56 Å². The van der Waals surface area contributed by atoms with Crippen molar-refractivity contribution in [2.75, 3.05) is 13.1 Å². The fourth-order valence-corrected chi connectivity index (χ4v) is 4.46. The number of benzene rings is 1. The number of aromatic amines is 1. The molecule has 6 heteroatoms. The number of rotatable bonds is 2. The summed E-state index contributed by atoms with van der Waals surface area (Å²) in [5, 5.41) is 10.5. The smallest absolute Gasteiger partial charge is 0.254 e. The van der Waals surface area contributed by atoms with Gasteiger partial charge in [0.05, 0.1) is 17.8 Å². The van der Waals surface area contributed by atoms with Gasteiger partial charge in [-0.2, -0.15) is 0 Å². The highest BCUT2D eigenvalue weighted by Crippen LogP contribution is 2.43. The van der Waals surface area contributed by atoms with Crippen LogP contribution in [0.15, 0.2) is 47.3 Å². The normalized spacial score (nSPS) is 24.3. The predicted octanol–water partition coefficient (Wildman–Crippen LogP) is 2.57. The first kappa shape index (κ1) is 18.9. The van der Waals surface area contributed by atoms with E-state index in [1.807, 2.05) is 30.3 Å². The maximum Gasteiger partial charge on any atom is 0.254 e. The third-order valence-electron chi connectivity index (χ3n) is 5.85. The molecule has 0 aliphatic carbocycles. The third-order valence-corrected chi connectivity index (χ3v) is 5.85. The fourth-order valence-electron chi connectivity index (χ4n) is 4.46. The van der Waals surface area contributed by atoms with Gasteiger partial charge in [0.15, 0.2) is 0 Å². The van der Waals surface area contributed by atoms with Gasteiger partial charge >= 0.3 is 0 Å². The van der Waals surface area contributed by atoms with Gasteiger partial charge in [0, 0.05) is 43.3 Å². The lowest BCUT2D eigenvalue weighted by atomic mass is 9.81. The molecule has 0 radical (unpaired) electrons. The molecule has 4 rings (SSSR count). The molecular formula is C22H26N2O4. The first-order valence-corrected chi connectivity index (χ1v) is 9.85. The number of nitrogens with zero attached hydrogens (tertiary/aromatic N) is 1. The van der Waals surface area contributed by atoms with E-state index in [1.54, 1.807) is 17.9 Å². The lowest BCUT2D eigenvalue weighted by Crippen LogP contribution is -2.52. The largest absolute Gasteiger partial charge is 0.393 e. The van der Waals surface area contributed by atoms with Crippen LogP contribution in [0.5, 0.6) is 0 Å². The van der Waals surface area contributed by atoms with Gasteiger partial charge in [-0.25, -0.2) is 0 Å². The number of amides is 1. The second kappa shape index (κ2) is 7.53. The Bertz CT molecular complexity index is 900. The molecule has 0 saturated carbocycles. The van der Waals surface area contributed by atoms with E-state index in [4.69, 9.17) is 4.74 Å². The van der Waals surface area contributed by atoms with Crippen molar-refractivity contribution in [2.24, 2.45) is 0 Å². The van der Waals surface area contributed by atoms with Gasteiger partial charge in [0.25, 0.3) is 5.91 Å². The number of likely N-dealkylation sites (tertiary alicyclic amines) is 1. The first-order chi connectivity index (χ1) is 13.4. The molecule has 3 heterocycles. The number of nitrogens with one attached hydrogen (secondary N) is 1. The van der Waals surface area contributed by atoms with Gasteiger partial charge in [-0.15, -0.1) is 0 Å². The zero-order valence-electron chi connectivity index (χ0n) is 16.1. The lowest BCUT2D eigenvalue weighted by Gasteiger charge is -2.48. The van der Waals surface area contributed by atoms with E-state index in [2.05, 4.69) is 4.98 Å². The Kier molecular flexibility index (Phi) is 5.08. The molecule has 2 aromatic rings. The van der Waals surface area contributed by atoms with Crippen LogP contribution in [-0.4, -0.2) is 45.7 Å². The van der Waals surface area contributed by atoms with Crippen LogP contribution in [0.3, 0.4) is 0 Å². The van der Waals surface area contributed by atoms with Crippen molar-refractivity contribution >= 4 is 5.91 Å². The highest BCUT2D eigenvalue weighted by atomic mass is 16.5. The molecule has 148 valence electrons. The molecule has 2 aliphatic rings. The summed E-state index contributed by atoms with van der Waals surface area (Å²) < 4.78 is 6.49. The molecule has 6 nitrogen and oxygen atoms in total. The minimum atomic E-state index is -0.406. The Balaban J connectivity index is 1.46. The Hall–Kier alpha value is -2.44. The number of aromatic nitrogens is 1. The number of carbonyl (C=O) groups excluding carboxylic acids is 1. The van der Waals surface area contributed by atoms with Crippen LogP contribution in [0.1, 0.15) is 53.4 Å². The van der Waals surface area contributed by atoms with Crippen molar-refractivity contribution in [3.05, 3.63) is 69.6 Å². The minimum absolute atomic E-state index is 0.123. The Morgan fingerprint density at radius 3 is 2.61 bits per heavy atom. The van der Waals surface area contributed by atoms with Crippen molar-refractivity contribution in [1.82, 2.24) is 9.88 Å². The number of aryl methyl sites for hydroxylation is 1. The van der Waals surface area contributed by atoms with E-state index in [9.17, 15) is 14.7 Å². The number of pyridine rings is 1. The summed E-state index contributed by atoms with van der Waals surface area (Å²) in [6.07, 6.45) is 2.03. The highest BCUT2D eigenvalue weighted by molar-refractivity contribution is 5.94. The van der Waals surface area contributed by atoms with Gasteiger partial charge in [-0.3, -0.25) is 9.59 Å². The van der Waals surface area contributed by atoms with Crippen molar-refractivity contribution in [3.63, 3.8) is 0 Å². The van der Waals surface area contributed by atoms with Crippen molar-refractivity contribution in [3.8, 4) is 0 Å². The first-order valence-electron chi connectivity index (χ1n) is 9.85. The molecule has 2 atom stereocenters. The number of aliphatic hydroxyl groups excluding tert-OH is 1. The topological polar surface area (TPSA) is 82.6 Å². The molecule has 1 spiro atoms. The van der Waals surface area contributed by atoms with E-state index in [1.165, 1.54) is 6.07 Å². The zero-order chi connectivity index (χ0) is 19.7. The fraction of sp³-hybridized carbons (Fsp3) is 0.455. The van der Waals surface area contributed by atoms with Crippen LogP contribution in [-0.2, 0) is 4.74 Å². The summed E-state index contributed by atoms with van der Waals surface area (Å²) in [5.74, 6) is -0.125. The van der Waals surface area contributed by atoms with Crippen LogP contribution in [0.25, 0.3) is 0 Å². The molecule has 0 unspecified atom stereocenters. The van der Waals surface area contributed by atoms with Crippen LogP contribution in [0.2, 0.25) is 0 Å². The average Bonchev–Trinajstić information content (AvgIpc) is 2.67. The molecule has 2 fully saturated rings. The van der Waals surface area contributed by atoms with Gasteiger partial charge in [-0.1, -0.05) is 30.3 Å². The second-order valence-corrected chi connectivity index (χ2v) is 8.00. The maximum absolute atomic E-state index is 12.8. The van der Waals surface area contributed by atoms with Crippen molar-refractivity contribution < 1.29 is 14.6 Å². The highest BCUT2D eigenvalue weighted by Gasteiger charge is 2.44. The maximum atomic E-state index is 12.8. The number of ether oxygens (including phenoxy) is 1. The molecule has 28 heavy (non-hydrogen) atoms. The van der Waals surface area contributed by atoms with Crippen molar-refractivity contribution in [1.29, 1.82) is 0 Å². The summed E-state index contributed by atoms with van der Waals surface area (Å²) in [6.45, 7) is 2.88. The van der Waals surface area contributed by atoms with Gasteiger partial charge in [0.2, 0.25) is 5.56 Å². The number of H-pyrrole nitrogens is 1. The number of aliphatic hydroxyl groups is 1. The summed E-state index contributed by atoms with van der Waals surface area (Å²) >= 11 is 0. The van der Waals surface area contributed by atoms with Gasteiger partial charge in [0.1, 0.15) is 0 Å². The molecule has 0 bridgehead atoms. The molecule has 2 aliphatic heterocycles. The quantitative estimate of drug-likeness (QED) is 0.836. The molecule has 2 N–H and O–H groups in total. The second-order valence-electron chi connectivity index (χ2n) is 8.00. The number of piperidine rings is 1. The molecule has 2 saturated heterocycles. The van der Waals surface area contributed by atoms with E-state index >= 15 is 0 Å². The zero-order valence-corrected chi connectivity index (χ0v) is 16.1. The number of carbonyl (C=O) groups is 1. The Morgan fingerprint density at radius 1 is 1.21 bits per heavy atom. The molecular weight excluding hydrogens is 356 g/mol.